The number of hydrogen-bond donors (Lipinski definition) is 22. The normalized spacial score (nSPS) is 17.1. The number of aliphatic carboxylic acids is 2. The monoisotopic (exact) mass is 1800 g/mol. The molecule has 0 aromatic rings. The number of hydrogen-bond acceptors (Lipinski definition) is 32. The van der Waals surface area contributed by atoms with Gasteiger partial charge in [-0.3, -0.25) is 57.6 Å². The Kier molecular flexibility index (Phi) is 52.4. The summed E-state index contributed by atoms with van der Waals surface area (Å²) >= 11 is 0. The summed E-state index contributed by atoms with van der Waals surface area (Å²) in [6, 6.07) is -9.86. The molecule has 0 spiro atoms. The Morgan fingerprint density at radius 2 is 0.616 bits per heavy atom. The number of nitrogens with one attached hydrogen (secondary N) is 15. The zero-order valence-electron chi connectivity index (χ0n) is 73.8. The summed E-state index contributed by atoms with van der Waals surface area (Å²) in [7, 11) is 0. The van der Waals surface area contributed by atoms with Crippen molar-refractivity contribution in [3.05, 3.63) is 0 Å². The first-order valence-corrected chi connectivity index (χ1v) is 40.8. The molecule has 0 aromatic heterocycles. The van der Waals surface area contributed by atoms with Gasteiger partial charge in [-0.2, -0.15) is 0 Å². The smallest absolute Gasteiger partial charge is 0.407 e. The number of amides is 15. The fourth-order valence-corrected chi connectivity index (χ4v) is 10.5. The minimum atomic E-state index is -1.79. The summed E-state index contributed by atoms with van der Waals surface area (Å²) in [4.78, 5) is 220. The molecule has 125 heavy (non-hydrogen) atoms. The summed E-state index contributed by atoms with van der Waals surface area (Å²) in [5.74, 6) is -12.3. The van der Waals surface area contributed by atoms with Crippen molar-refractivity contribution in [3.8, 4) is 0 Å². The van der Waals surface area contributed by atoms with Gasteiger partial charge in [-0.1, -0.05) is 0 Å². The van der Waals surface area contributed by atoms with Crippen LogP contribution in [0.25, 0.3) is 0 Å². The highest BCUT2D eigenvalue weighted by molar-refractivity contribution is 5.96. The van der Waals surface area contributed by atoms with Crippen molar-refractivity contribution in [1.29, 1.82) is 0 Å². The van der Waals surface area contributed by atoms with Gasteiger partial charge in [0.05, 0.1) is 84.2 Å². The quantitative estimate of drug-likeness (QED) is 0.0199. The van der Waals surface area contributed by atoms with E-state index < -0.39 is 248 Å². The first-order chi connectivity index (χ1) is 58.1. The summed E-state index contributed by atoms with van der Waals surface area (Å²) in [5, 5.41) is 107. The SMILES string of the molecule is C[C@@H]1O[C@@H](OCCOCCNC(=O)CN(CC(=O)NCCOCCNC(=O)CCC(=O)N[C@@H](CCNC(=O)OC(C)(C)C)C(=O)N[C@H](C(=O)N[C@@H](CCNC(=O)OC(C)(C)C)C(=O)O)[C@@H](C)O)CC(=O)NCCOCCNC(=O)CCC(=O)N[C@@H](CCNC(=O)OC(C)(C)C)C(=O)N[C@H](C(=O)N[C@@H](CCNC(=O)OC(C)(C)C)C(=O)O)[C@@H](C)O)[C@H](O)[C@H](O)[C@H]1O. The molecule has 716 valence electrons. The van der Waals surface area contributed by atoms with Crippen molar-refractivity contribution in [3.63, 3.8) is 0 Å². The molecule has 49 heteroatoms. The van der Waals surface area contributed by atoms with Gasteiger partial charge in [0.15, 0.2) is 6.29 Å². The van der Waals surface area contributed by atoms with Crippen LogP contribution in [-0.4, -0.2) is 368 Å². The molecule has 0 aliphatic carbocycles. The van der Waals surface area contributed by atoms with Crippen LogP contribution in [0, 0.1) is 0 Å². The maximum Gasteiger partial charge on any atom is 0.407 e. The summed E-state index contributed by atoms with van der Waals surface area (Å²) in [6.07, 6.45) is -16.3. The fourth-order valence-electron chi connectivity index (χ4n) is 10.5. The third-order valence-electron chi connectivity index (χ3n) is 16.5. The summed E-state index contributed by atoms with van der Waals surface area (Å²) in [6.45, 7) is 19.5. The fraction of sp³-hybridized carbons (Fsp3) is 0.776. The van der Waals surface area contributed by atoms with Crippen LogP contribution in [0.4, 0.5) is 19.2 Å². The van der Waals surface area contributed by atoms with Gasteiger partial charge in [0.2, 0.25) is 65.0 Å². The van der Waals surface area contributed by atoms with Crippen LogP contribution in [0.2, 0.25) is 0 Å². The van der Waals surface area contributed by atoms with Crippen LogP contribution >= 0.6 is 0 Å². The lowest BCUT2D eigenvalue weighted by Gasteiger charge is -2.38. The molecule has 1 heterocycles. The minimum absolute atomic E-state index is 0.0435. The third-order valence-corrected chi connectivity index (χ3v) is 16.5. The number of rotatable bonds is 57. The van der Waals surface area contributed by atoms with Crippen molar-refractivity contribution in [2.75, 3.05) is 125 Å². The van der Waals surface area contributed by atoms with Crippen LogP contribution in [0.3, 0.4) is 0 Å². The highest BCUT2D eigenvalue weighted by atomic mass is 16.7. The number of aliphatic hydroxyl groups excluding tert-OH is 5. The van der Waals surface area contributed by atoms with Crippen molar-refractivity contribution in [1.82, 2.24) is 84.7 Å². The van der Waals surface area contributed by atoms with E-state index in [1.54, 1.807) is 83.1 Å². The van der Waals surface area contributed by atoms with E-state index in [2.05, 4.69) is 79.8 Å². The number of ether oxygens (including phenoxy) is 9. The van der Waals surface area contributed by atoms with Crippen molar-refractivity contribution in [2.45, 2.75) is 257 Å². The van der Waals surface area contributed by atoms with Crippen molar-refractivity contribution in [2.24, 2.45) is 0 Å². The highest BCUT2D eigenvalue weighted by Gasteiger charge is 2.43. The molecular formula is C76H134N16O33. The van der Waals surface area contributed by atoms with Gasteiger partial charge in [-0.15, -0.1) is 0 Å². The van der Waals surface area contributed by atoms with E-state index in [1.807, 2.05) is 0 Å². The molecule has 0 bridgehead atoms. The van der Waals surface area contributed by atoms with Gasteiger partial charge in [0.1, 0.15) is 77.0 Å². The Balaban J connectivity index is 2.95. The zero-order chi connectivity index (χ0) is 95.0. The van der Waals surface area contributed by atoms with Crippen LogP contribution in [0.15, 0.2) is 0 Å². The maximum absolute atomic E-state index is 13.7. The molecule has 1 aliphatic rings. The number of carbonyl (C=O) groups is 17. The minimum Gasteiger partial charge on any atom is -0.480 e. The number of carbonyl (C=O) groups excluding carboxylic acids is 15. The van der Waals surface area contributed by atoms with E-state index in [-0.39, 0.29) is 131 Å². The van der Waals surface area contributed by atoms with Crippen LogP contribution in [0.5, 0.6) is 0 Å². The first kappa shape index (κ1) is 113. The second-order valence-electron chi connectivity index (χ2n) is 32.6. The molecule has 49 nitrogen and oxygen atoms in total. The predicted octanol–water partition coefficient (Wildman–Crippen LogP) is -6.18. The Labute approximate surface area is 724 Å². The van der Waals surface area contributed by atoms with E-state index >= 15 is 0 Å². The lowest BCUT2D eigenvalue weighted by Crippen LogP contribution is -2.59. The van der Waals surface area contributed by atoms with E-state index in [0.29, 0.717) is 0 Å². The predicted molar refractivity (Wildman–Crippen MR) is 436 cm³/mol. The van der Waals surface area contributed by atoms with E-state index in [9.17, 15) is 117 Å². The van der Waals surface area contributed by atoms with Gasteiger partial charge in [-0.25, -0.2) is 28.8 Å². The van der Waals surface area contributed by atoms with Crippen LogP contribution < -0.4 is 79.8 Å². The van der Waals surface area contributed by atoms with E-state index in [1.165, 1.54) is 11.8 Å². The molecule has 1 aliphatic heterocycles. The lowest BCUT2D eigenvalue weighted by molar-refractivity contribution is -0.294. The second-order valence-corrected chi connectivity index (χ2v) is 32.6. The average Bonchev–Trinajstić information content (AvgIpc) is 0.819. The van der Waals surface area contributed by atoms with Gasteiger partial charge >= 0.3 is 36.3 Å². The van der Waals surface area contributed by atoms with Gasteiger partial charge in [-0.05, 0) is 130 Å². The Hall–Kier alpha value is -10.2. The zero-order valence-corrected chi connectivity index (χ0v) is 73.8. The lowest BCUT2D eigenvalue weighted by atomic mass is 10.0. The molecule has 0 radical (unpaired) electrons. The molecule has 13 atom stereocenters. The highest BCUT2D eigenvalue weighted by Crippen LogP contribution is 2.22. The molecule has 15 amide bonds. The molecule has 22 N–H and O–H groups in total. The molecule has 1 rings (SSSR count). The number of carboxylic acid groups (broad SMARTS) is 2. The van der Waals surface area contributed by atoms with Gasteiger partial charge in [0, 0.05) is 84.6 Å². The van der Waals surface area contributed by atoms with Crippen LogP contribution in [0.1, 0.15) is 155 Å². The second kappa shape index (κ2) is 58.1. The largest absolute Gasteiger partial charge is 0.480 e. The maximum atomic E-state index is 13.7. The number of alkyl carbamates (subject to hydrolysis) is 4. The standard InChI is InChI=1S/C76H134N16O33/c1-43(93)57(64(107)88-48(66(109)110)22-26-84-71(115)124-75(10,11)12)90-62(105)46(20-24-82-69(113)122-73(4,5)6)86-52(97)18-16-50(95)77-28-33-117-35-30-79-54(99)40-92(42-56(101)81-32-37-119-38-39-120-68-61(104)60(103)59(102)45(3)121-68)41-55(100)80-31-36-118-34-29-78-51(96)17-19-53(98)87-47(21-25-83-70(114)123-74(7,8)9)63(106)91-58(44(2)94)65(108)89-49(67(111)112)23-27-85-72(116)125-76(13,14)15/h43-49,57-61,68,93-94,102-104H,16-42H2,1-15H3,(H,77,95)(H,78,96)(H,79,99)(H,80,100)(H,81,101)(H,82,113)(H,83,114)(H,84,115)(H,85,116)(H,86,97)(H,87,98)(H,88,107)(H,89,108)(H,90,105)(H,91,106)(H,109,110)(H,111,112)/t43-,44-,45+,46+,47+,48+,49+,57+,58+,59+,60-,61-,68-/m1/s1. The Bertz CT molecular complexity index is 3270. The van der Waals surface area contributed by atoms with Gasteiger partial charge in [0.25, 0.3) is 0 Å². The molecule has 0 saturated carbocycles. The van der Waals surface area contributed by atoms with Crippen LogP contribution in [-0.2, 0) is 105 Å². The van der Waals surface area contributed by atoms with Gasteiger partial charge < -0.3 is 158 Å². The number of nitrogens with zero attached hydrogens (tertiary/aromatic N) is 1. The molecule has 1 saturated heterocycles. The Morgan fingerprint density at radius 1 is 0.336 bits per heavy atom. The first-order valence-electron chi connectivity index (χ1n) is 40.8. The number of carboxylic acids is 2. The average molecular weight is 1800 g/mol. The molecule has 0 aromatic carbocycles. The van der Waals surface area contributed by atoms with Crippen molar-refractivity contribution >= 4 is 101 Å². The molecule has 0 unspecified atom stereocenters. The number of aliphatic hydroxyl groups is 5. The summed E-state index contributed by atoms with van der Waals surface area (Å²) < 4.78 is 48.1. The van der Waals surface area contributed by atoms with Crippen molar-refractivity contribution < 1.29 is 160 Å². The van der Waals surface area contributed by atoms with E-state index in [4.69, 9.17) is 42.6 Å². The third kappa shape index (κ3) is 54.3. The molecule has 1 fully saturated rings. The van der Waals surface area contributed by atoms with E-state index in [0.717, 1.165) is 13.8 Å². The Morgan fingerprint density at radius 3 is 0.904 bits per heavy atom. The summed E-state index contributed by atoms with van der Waals surface area (Å²) in [5.41, 5.74) is -3.54. The topological polar surface area (TPSA) is 699 Å². The molecular weight excluding hydrogens is 1660 g/mol.